The van der Waals surface area contributed by atoms with E-state index in [0.717, 1.165) is 64.1 Å². The molecule has 37 heavy (non-hydrogen) atoms. The second-order valence-electron chi connectivity index (χ2n) is 11.8. The summed E-state index contributed by atoms with van der Waals surface area (Å²) in [6, 6.07) is 7.25. The number of hydrogen-bond donors (Lipinski definition) is 2. The van der Waals surface area contributed by atoms with Crippen LogP contribution < -0.4 is 5.32 Å². The van der Waals surface area contributed by atoms with Crippen LogP contribution >= 0.6 is 0 Å². The molecule has 2 saturated carbocycles. The Morgan fingerprint density at radius 1 is 0.973 bits per heavy atom. The highest BCUT2D eigenvalue weighted by Crippen LogP contribution is 2.35. The molecule has 8 heteroatoms. The third kappa shape index (κ3) is 5.08. The summed E-state index contributed by atoms with van der Waals surface area (Å²) >= 11 is 0. The molecule has 8 nitrogen and oxygen atoms in total. The van der Waals surface area contributed by atoms with Crippen molar-refractivity contribution >= 4 is 17.6 Å². The molecule has 3 aliphatic heterocycles. The summed E-state index contributed by atoms with van der Waals surface area (Å²) in [6.45, 7) is 2.29. The standard InChI is InChI=1S/C29H39N3O5/c33-23-16-32(26-24(34)17-37-27(23)26)29(36)25(20-4-2-1-3-5-20)30-28(35)21-8-6-18(7-9-21)19-12-14-31(15-13-19)22-10-11-22/h6-9,19-20,22-23,25-27,33H,1-5,10-17H2,(H,30,35)/t23-,25-,26+,27+/m0/s1. The van der Waals surface area contributed by atoms with Gasteiger partial charge >= 0.3 is 0 Å². The molecule has 0 radical (unpaired) electrons. The number of fused-ring (bicyclic) bond motifs is 1. The lowest BCUT2D eigenvalue weighted by Crippen LogP contribution is -2.55. The summed E-state index contributed by atoms with van der Waals surface area (Å²) in [4.78, 5) is 43.7. The van der Waals surface area contributed by atoms with Crippen molar-refractivity contribution in [3.8, 4) is 0 Å². The first kappa shape index (κ1) is 25.0. The Hall–Kier alpha value is -2.29. The van der Waals surface area contributed by atoms with E-state index in [1.807, 2.05) is 12.1 Å². The zero-order valence-electron chi connectivity index (χ0n) is 21.5. The SMILES string of the molecule is O=C(N[C@H](C(=O)N1C[C@H](O)[C@H]2OCC(=O)[C@H]21)C1CCCCC1)c1ccc(C2CCN(C3CC3)CC2)cc1. The Kier molecular flexibility index (Phi) is 7.07. The van der Waals surface area contributed by atoms with Gasteiger partial charge in [0.15, 0.2) is 5.78 Å². The molecule has 5 aliphatic rings. The highest BCUT2D eigenvalue weighted by Gasteiger charge is 2.53. The number of β-amino-alcohol motifs (C(OH)–C–C–N with tert-alkyl or cyclic N) is 1. The number of aliphatic hydroxyl groups is 1. The second kappa shape index (κ2) is 10.5. The van der Waals surface area contributed by atoms with Gasteiger partial charge in [-0.1, -0.05) is 31.4 Å². The molecule has 2 aliphatic carbocycles. The van der Waals surface area contributed by atoms with Crippen LogP contribution in [0.5, 0.6) is 0 Å². The molecule has 0 unspecified atom stereocenters. The van der Waals surface area contributed by atoms with Crippen LogP contribution in [-0.4, -0.2) is 89.1 Å². The van der Waals surface area contributed by atoms with E-state index in [1.165, 1.54) is 23.3 Å². The molecular formula is C29H39N3O5. The first-order valence-corrected chi connectivity index (χ1v) is 14.3. The number of nitrogens with zero attached hydrogens (tertiary/aromatic N) is 2. The van der Waals surface area contributed by atoms with E-state index in [4.69, 9.17) is 4.74 Å². The Bertz CT molecular complexity index is 1010. The maximum absolute atomic E-state index is 13.8. The summed E-state index contributed by atoms with van der Waals surface area (Å²) in [5.41, 5.74) is 1.83. The molecule has 5 fully saturated rings. The maximum atomic E-state index is 13.8. The van der Waals surface area contributed by atoms with Crippen molar-refractivity contribution in [2.45, 2.75) is 94.0 Å². The largest absolute Gasteiger partial charge is 0.388 e. The van der Waals surface area contributed by atoms with E-state index >= 15 is 0 Å². The molecule has 0 bridgehead atoms. The monoisotopic (exact) mass is 509 g/mol. The number of ether oxygens (including phenoxy) is 1. The number of nitrogens with one attached hydrogen (secondary N) is 1. The number of aliphatic hydroxyl groups excluding tert-OH is 1. The van der Waals surface area contributed by atoms with Crippen LogP contribution in [0.2, 0.25) is 0 Å². The van der Waals surface area contributed by atoms with E-state index in [-0.39, 0.29) is 36.7 Å². The van der Waals surface area contributed by atoms with Crippen LogP contribution in [-0.2, 0) is 14.3 Å². The fraction of sp³-hybridized carbons (Fsp3) is 0.690. The van der Waals surface area contributed by atoms with Gasteiger partial charge in [0.05, 0.1) is 6.54 Å². The second-order valence-corrected chi connectivity index (χ2v) is 11.8. The number of likely N-dealkylation sites (tertiary alicyclic amines) is 2. The number of Topliss-reactive ketones (excluding diaryl/α,β-unsaturated/α-hetero) is 1. The van der Waals surface area contributed by atoms with Gasteiger partial charge in [-0.05, 0) is 81.1 Å². The highest BCUT2D eigenvalue weighted by molar-refractivity contribution is 5.99. The average Bonchev–Trinajstić information content (AvgIpc) is 3.64. The fourth-order valence-corrected chi connectivity index (χ4v) is 7.05. The van der Waals surface area contributed by atoms with Gasteiger partial charge in [-0.3, -0.25) is 14.4 Å². The molecule has 2 amide bonds. The molecule has 1 aromatic rings. The lowest BCUT2D eigenvalue weighted by molar-refractivity contribution is -0.139. The number of carbonyl (C=O) groups is 3. The molecule has 0 aromatic heterocycles. The van der Waals surface area contributed by atoms with Crippen molar-refractivity contribution in [2.24, 2.45) is 5.92 Å². The predicted molar refractivity (Wildman–Crippen MR) is 137 cm³/mol. The molecule has 0 spiro atoms. The van der Waals surface area contributed by atoms with Gasteiger partial charge in [0, 0.05) is 11.6 Å². The van der Waals surface area contributed by atoms with Crippen molar-refractivity contribution in [3.05, 3.63) is 35.4 Å². The summed E-state index contributed by atoms with van der Waals surface area (Å²) in [7, 11) is 0. The van der Waals surface area contributed by atoms with Gasteiger partial charge in [-0.15, -0.1) is 0 Å². The van der Waals surface area contributed by atoms with Gasteiger partial charge in [-0.25, -0.2) is 0 Å². The molecule has 3 saturated heterocycles. The fourth-order valence-electron chi connectivity index (χ4n) is 7.05. The minimum Gasteiger partial charge on any atom is -0.388 e. The van der Waals surface area contributed by atoms with Crippen molar-refractivity contribution in [1.82, 2.24) is 15.1 Å². The van der Waals surface area contributed by atoms with Crippen molar-refractivity contribution in [1.29, 1.82) is 0 Å². The number of benzene rings is 1. The normalized spacial score (nSPS) is 30.4. The molecule has 3 heterocycles. The van der Waals surface area contributed by atoms with E-state index in [0.29, 0.717) is 11.5 Å². The quantitative estimate of drug-likeness (QED) is 0.610. The Morgan fingerprint density at radius 2 is 1.68 bits per heavy atom. The van der Waals surface area contributed by atoms with Crippen LogP contribution in [0.15, 0.2) is 24.3 Å². The van der Waals surface area contributed by atoms with Crippen molar-refractivity contribution < 1.29 is 24.2 Å². The summed E-state index contributed by atoms with van der Waals surface area (Å²) in [5, 5.41) is 13.4. The molecular weight excluding hydrogens is 470 g/mol. The number of hydrogen-bond acceptors (Lipinski definition) is 6. The zero-order valence-corrected chi connectivity index (χ0v) is 21.5. The molecule has 2 N–H and O–H groups in total. The first-order valence-electron chi connectivity index (χ1n) is 14.3. The third-order valence-electron chi connectivity index (χ3n) is 9.35. The summed E-state index contributed by atoms with van der Waals surface area (Å²) in [6.07, 6.45) is 8.38. The molecule has 1 aromatic carbocycles. The van der Waals surface area contributed by atoms with Crippen molar-refractivity contribution in [3.63, 3.8) is 0 Å². The number of amides is 2. The van der Waals surface area contributed by atoms with Crippen LogP contribution in [0, 0.1) is 5.92 Å². The minimum atomic E-state index is -0.883. The van der Waals surface area contributed by atoms with E-state index < -0.39 is 24.3 Å². The maximum Gasteiger partial charge on any atom is 0.251 e. The molecule has 6 rings (SSSR count). The summed E-state index contributed by atoms with van der Waals surface area (Å²) in [5.74, 6) is -0.157. The van der Waals surface area contributed by atoms with E-state index in [9.17, 15) is 19.5 Å². The number of ketones is 1. The van der Waals surface area contributed by atoms with E-state index in [2.05, 4.69) is 22.3 Å². The first-order chi connectivity index (χ1) is 18.0. The van der Waals surface area contributed by atoms with Crippen LogP contribution in [0.4, 0.5) is 0 Å². The summed E-state index contributed by atoms with van der Waals surface area (Å²) < 4.78 is 5.46. The smallest absolute Gasteiger partial charge is 0.251 e. The lowest BCUT2D eigenvalue weighted by Gasteiger charge is -2.34. The number of rotatable bonds is 6. The Balaban J connectivity index is 1.14. The van der Waals surface area contributed by atoms with Crippen LogP contribution in [0.1, 0.15) is 79.6 Å². The highest BCUT2D eigenvalue weighted by atomic mass is 16.5. The lowest BCUT2D eigenvalue weighted by atomic mass is 9.83. The Labute approximate surface area is 218 Å². The van der Waals surface area contributed by atoms with Gasteiger partial charge < -0.3 is 25.0 Å². The van der Waals surface area contributed by atoms with Gasteiger partial charge in [0.1, 0.15) is 30.9 Å². The minimum absolute atomic E-state index is 0.0229. The van der Waals surface area contributed by atoms with Gasteiger partial charge in [0.25, 0.3) is 5.91 Å². The molecule has 4 atom stereocenters. The zero-order chi connectivity index (χ0) is 25.5. The Morgan fingerprint density at radius 3 is 2.35 bits per heavy atom. The third-order valence-corrected chi connectivity index (χ3v) is 9.35. The van der Waals surface area contributed by atoms with Crippen molar-refractivity contribution in [2.75, 3.05) is 26.2 Å². The van der Waals surface area contributed by atoms with Crippen LogP contribution in [0.25, 0.3) is 0 Å². The van der Waals surface area contributed by atoms with E-state index in [1.54, 1.807) is 0 Å². The van der Waals surface area contributed by atoms with Gasteiger partial charge in [0.2, 0.25) is 5.91 Å². The number of piperidine rings is 1. The topological polar surface area (TPSA) is 99.2 Å². The average molecular weight is 510 g/mol. The number of carbonyl (C=O) groups excluding carboxylic acids is 3. The molecule has 200 valence electrons. The predicted octanol–water partition coefficient (Wildman–Crippen LogP) is 2.25. The van der Waals surface area contributed by atoms with Gasteiger partial charge in [-0.2, -0.15) is 0 Å². The van der Waals surface area contributed by atoms with Crippen LogP contribution in [0.3, 0.4) is 0 Å².